The number of nitrogens with one attached hydrogen (secondary N) is 1. The number of nitrogens with zero attached hydrogens (tertiary/aromatic N) is 1. The second-order valence-electron chi connectivity index (χ2n) is 7.40. The number of likely N-dealkylation sites (tertiary alicyclic amines) is 1. The largest absolute Gasteiger partial charge is 0.493 e. The minimum Gasteiger partial charge on any atom is -0.493 e. The highest BCUT2D eigenvalue weighted by molar-refractivity contribution is 5.94. The number of anilines is 1. The third-order valence-corrected chi connectivity index (χ3v) is 5.59. The maximum Gasteiger partial charge on any atom is 0.241 e. The highest BCUT2D eigenvalue weighted by Crippen LogP contribution is 2.30. The molecule has 0 aliphatic carbocycles. The molecule has 3 rings (SSSR count). The molecular weight excluding hydrogens is 352 g/mol. The van der Waals surface area contributed by atoms with Gasteiger partial charge in [0.05, 0.1) is 20.3 Å². The molecule has 0 aromatic heterocycles. The SMILES string of the molecule is COc1ccc(NC(=O)[C@@H](C)N2CCC(Cc3ccccc3)CC2)cc1OC. The van der Waals surface area contributed by atoms with Crippen LogP contribution in [0.1, 0.15) is 25.3 Å². The summed E-state index contributed by atoms with van der Waals surface area (Å²) in [5.74, 6) is 1.96. The van der Waals surface area contributed by atoms with Crippen LogP contribution < -0.4 is 14.8 Å². The number of piperidine rings is 1. The molecule has 5 heteroatoms. The molecule has 1 atom stereocenters. The van der Waals surface area contributed by atoms with Gasteiger partial charge in [-0.1, -0.05) is 30.3 Å². The molecule has 2 aromatic rings. The minimum absolute atomic E-state index is 0.00808. The van der Waals surface area contributed by atoms with Gasteiger partial charge in [0.25, 0.3) is 0 Å². The van der Waals surface area contributed by atoms with Crippen molar-refractivity contribution in [2.45, 2.75) is 32.2 Å². The van der Waals surface area contributed by atoms with Crippen molar-refractivity contribution in [2.24, 2.45) is 5.92 Å². The summed E-state index contributed by atoms with van der Waals surface area (Å²) in [6.45, 7) is 3.89. The molecule has 0 radical (unpaired) electrons. The molecule has 1 aliphatic rings. The number of hydrogen-bond acceptors (Lipinski definition) is 4. The van der Waals surface area contributed by atoms with E-state index >= 15 is 0 Å². The maximum absolute atomic E-state index is 12.7. The molecule has 5 nitrogen and oxygen atoms in total. The van der Waals surface area contributed by atoms with Crippen molar-refractivity contribution in [1.82, 2.24) is 4.90 Å². The first-order chi connectivity index (χ1) is 13.6. The van der Waals surface area contributed by atoms with E-state index < -0.39 is 0 Å². The van der Waals surface area contributed by atoms with Crippen LogP contribution in [0.5, 0.6) is 11.5 Å². The van der Waals surface area contributed by atoms with Crippen LogP contribution in [0.3, 0.4) is 0 Å². The van der Waals surface area contributed by atoms with Gasteiger partial charge in [-0.05, 0) is 62.9 Å². The van der Waals surface area contributed by atoms with Crippen molar-refractivity contribution in [2.75, 3.05) is 32.6 Å². The van der Waals surface area contributed by atoms with Crippen LogP contribution in [0, 0.1) is 5.92 Å². The first-order valence-corrected chi connectivity index (χ1v) is 9.91. The van der Waals surface area contributed by atoms with E-state index in [1.165, 1.54) is 5.56 Å². The zero-order valence-electron chi connectivity index (χ0n) is 17.0. The van der Waals surface area contributed by atoms with E-state index in [-0.39, 0.29) is 11.9 Å². The molecule has 0 saturated carbocycles. The number of carbonyl (C=O) groups excluding carboxylic acids is 1. The molecule has 0 bridgehead atoms. The van der Waals surface area contributed by atoms with E-state index in [1.54, 1.807) is 26.4 Å². The number of ether oxygens (including phenoxy) is 2. The Balaban J connectivity index is 1.52. The van der Waals surface area contributed by atoms with Gasteiger partial charge in [0, 0.05) is 11.8 Å². The fourth-order valence-corrected chi connectivity index (χ4v) is 3.82. The number of amides is 1. The second-order valence-corrected chi connectivity index (χ2v) is 7.40. The molecule has 0 unspecified atom stereocenters. The Kier molecular flexibility index (Phi) is 6.93. The Morgan fingerprint density at radius 2 is 1.75 bits per heavy atom. The Hall–Kier alpha value is -2.53. The van der Waals surface area contributed by atoms with E-state index in [4.69, 9.17) is 9.47 Å². The van der Waals surface area contributed by atoms with E-state index in [1.807, 2.05) is 13.0 Å². The Labute approximate surface area is 167 Å². The normalized spacial score (nSPS) is 16.4. The van der Waals surface area contributed by atoms with Crippen LogP contribution in [0.2, 0.25) is 0 Å². The third kappa shape index (κ3) is 5.04. The summed E-state index contributed by atoms with van der Waals surface area (Å²) in [5.41, 5.74) is 2.12. The lowest BCUT2D eigenvalue weighted by molar-refractivity contribution is -0.121. The molecule has 1 heterocycles. The lowest BCUT2D eigenvalue weighted by Gasteiger charge is -2.35. The predicted octanol–water partition coefficient (Wildman–Crippen LogP) is 3.99. The smallest absolute Gasteiger partial charge is 0.241 e. The molecule has 1 amide bonds. The molecule has 2 aromatic carbocycles. The Morgan fingerprint density at radius 1 is 1.07 bits per heavy atom. The number of methoxy groups -OCH3 is 2. The van der Waals surface area contributed by atoms with Gasteiger partial charge < -0.3 is 14.8 Å². The van der Waals surface area contributed by atoms with E-state index in [0.29, 0.717) is 23.1 Å². The summed E-state index contributed by atoms with van der Waals surface area (Å²) in [6, 6.07) is 15.9. The van der Waals surface area contributed by atoms with Crippen LogP contribution in [0.15, 0.2) is 48.5 Å². The summed E-state index contributed by atoms with van der Waals surface area (Å²) in [6.07, 6.45) is 3.38. The van der Waals surface area contributed by atoms with Gasteiger partial charge >= 0.3 is 0 Å². The Bertz CT molecular complexity index is 771. The van der Waals surface area contributed by atoms with Crippen molar-refractivity contribution in [3.8, 4) is 11.5 Å². The molecule has 1 saturated heterocycles. The molecule has 1 N–H and O–H groups in total. The zero-order valence-corrected chi connectivity index (χ0v) is 17.0. The minimum atomic E-state index is -0.161. The molecule has 1 fully saturated rings. The van der Waals surface area contributed by atoms with Gasteiger partial charge in [0.15, 0.2) is 11.5 Å². The molecule has 150 valence electrons. The van der Waals surface area contributed by atoms with Crippen LogP contribution in [-0.4, -0.2) is 44.2 Å². The standard InChI is InChI=1S/C23H30N2O3/c1-17(23(26)24-20-9-10-21(27-2)22(16-20)28-3)25-13-11-19(12-14-25)15-18-7-5-4-6-8-18/h4-10,16-17,19H,11-15H2,1-3H3,(H,24,26)/t17-/m1/s1. The first kappa shape index (κ1) is 20.2. The molecule has 28 heavy (non-hydrogen) atoms. The van der Waals surface area contributed by atoms with Crippen molar-refractivity contribution >= 4 is 11.6 Å². The second kappa shape index (κ2) is 9.60. The van der Waals surface area contributed by atoms with Gasteiger partial charge in [-0.25, -0.2) is 0 Å². The summed E-state index contributed by atoms with van der Waals surface area (Å²) < 4.78 is 10.6. The summed E-state index contributed by atoms with van der Waals surface area (Å²) >= 11 is 0. The summed E-state index contributed by atoms with van der Waals surface area (Å²) in [4.78, 5) is 15.0. The fraction of sp³-hybridized carbons (Fsp3) is 0.435. The van der Waals surface area contributed by atoms with Gasteiger partial charge in [0.1, 0.15) is 0 Å². The van der Waals surface area contributed by atoms with Crippen LogP contribution in [0.25, 0.3) is 0 Å². The quantitative estimate of drug-likeness (QED) is 0.787. The van der Waals surface area contributed by atoms with E-state index in [0.717, 1.165) is 32.4 Å². The lowest BCUT2D eigenvalue weighted by atomic mass is 9.89. The first-order valence-electron chi connectivity index (χ1n) is 9.91. The average Bonchev–Trinajstić information content (AvgIpc) is 2.74. The van der Waals surface area contributed by atoms with Crippen molar-refractivity contribution in [1.29, 1.82) is 0 Å². The zero-order chi connectivity index (χ0) is 19.9. The Morgan fingerprint density at radius 3 is 2.39 bits per heavy atom. The van der Waals surface area contributed by atoms with Crippen molar-refractivity contribution in [3.05, 3.63) is 54.1 Å². The molecule has 1 aliphatic heterocycles. The number of hydrogen-bond donors (Lipinski definition) is 1. The fourth-order valence-electron chi connectivity index (χ4n) is 3.82. The van der Waals surface area contributed by atoms with E-state index in [2.05, 4.69) is 40.5 Å². The maximum atomic E-state index is 12.7. The molecular formula is C23H30N2O3. The average molecular weight is 383 g/mol. The highest BCUT2D eigenvalue weighted by atomic mass is 16.5. The summed E-state index contributed by atoms with van der Waals surface area (Å²) in [5, 5.41) is 3.00. The lowest BCUT2D eigenvalue weighted by Crippen LogP contribution is -2.46. The molecule has 0 spiro atoms. The van der Waals surface area contributed by atoms with Crippen molar-refractivity contribution in [3.63, 3.8) is 0 Å². The van der Waals surface area contributed by atoms with Crippen LogP contribution >= 0.6 is 0 Å². The highest BCUT2D eigenvalue weighted by Gasteiger charge is 2.26. The van der Waals surface area contributed by atoms with Crippen LogP contribution in [0.4, 0.5) is 5.69 Å². The number of carbonyl (C=O) groups is 1. The van der Waals surface area contributed by atoms with Crippen molar-refractivity contribution < 1.29 is 14.3 Å². The van der Waals surface area contributed by atoms with Gasteiger partial charge in [-0.3, -0.25) is 9.69 Å². The van der Waals surface area contributed by atoms with Crippen LogP contribution in [-0.2, 0) is 11.2 Å². The van der Waals surface area contributed by atoms with Gasteiger partial charge in [-0.15, -0.1) is 0 Å². The van der Waals surface area contributed by atoms with Gasteiger partial charge in [-0.2, -0.15) is 0 Å². The van der Waals surface area contributed by atoms with E-state index in [9.17, 15) is 4.79 Å². The number of benzene rings is 2. The van der Waals surface area contributed by atoms with Gasteiger partial charge in [0.2, 0.25) is 5.91 Å². The number of rotatable bonds is 7. The predicted molar refractivity (Wildman–Crippen MR) is 112 cm³/mol. The third-order valence-electron chi connectivity index (χ3n) is 5.59. The summed E-state index contributed by atoms with van der Waals surface area (Å²) in [7, 11) is 3.19. The monoisotopic (exact) mass is 382 g/mol. The topological polar surface area (TPSA) is 50.8 Å².